The first-order valence-electron chi connectivity index (χ1n) is 9.08. The van der Waals surface area contributed by atoms with Crippen LogP contribution in [0.25, 0.3) is 5.57 Å². The maximum absolute atomic E-state index is 13.0. The Hall–Kier alpha value is -3.33. The summed E-state index contributed by atoms with van der Waals surface area (Å²) < 4.78 is 46.4. The molecule has 1 N–H and O–H groups in total. The molecule has 0 saturated carbocycles. The monoisotopic (exact) mass is 420 g/mol. The van der Waals surface area contributed by atoms with Crippen molar-refractivity contribution in [2.45, 2.75) is 12.8 Å². The van der Waals surface area contributed by atoms with Crippen molar-refractivity contribution in [3.8, 4) is 5.75 Å². The average Bonchev–Trinajstić information content (AvgIpc) is 2.92. The van der Waals surface area contributed by atoms with Crippen LogP contribution in [0, 0.1) is 0 Å². The van der Waals surface area contributed by atoms with Gasteiger partial charge in [0.1, 0.15) is 11.4 Å². The van der Waals surface area contributed by atoms with Gasteiger partial charge in [-0.05, 0) is 24.1 Å². The Morgan fingerprint density at radius 3 is 2.40 bits per heavy atom. The first kappa shape index (κ1) is 21.4. The number of rotatable bonds is 8. The van der Waals surface area contributed by atoms with Crippen molar-refractivity contribution in [2.75, 3.05) is 25.6 Å². The number of hydrogen-bond acceptors (Lipinski definition) is 5. The standard InChI is InChI=1S/C21H19F3N2O4/c1-29-12-6-11-26-19(27)17(14-7-3-2-4-8-14)18(20(26)28)25-15-9-5-10-16(13-15)30-21(22,23)24/h2-5,7-10,13,25H,6,11-12H2,1H3. The summed E-state index contributed by atoms with van der Waals surface area (Å²) in [6.45, 7) is 0.529. The highest BCUT2D eigenvalue weighted by Crippen LogP contribution is 2.32. The second-order valence-electron chi connectivity index (χ2n) is 6.42. The Balaban J connectivity index is 1.94. The average molecular weight is 420 g/mol. The van der Waals surface area contributed by atoms with Gasteiger partial charge in [0.15, 0.2) is 0 Å². The third-order valence-corrected chi connectivity index (χ3v) is 4.30. The number of anilines is 1. The second kappa shape index (κ2) is 9.00. The highest BCUT2D eigenvalue weighted by molar-refractivity contribution is 6.36. The van der Waals surface area contributed by atoms with Gasteiger partial charge < -0.3 is 14.8 Å². The molecule has 1 heterocycles. The van der Waals surface area contributed by atoms with E-state index >= 15 is 0 Å². The van der Waals surface area contributed by atoms with Crippen LogP contribution in [0.1, 0.15) is 12.0 Å². The van der Waals surface area contributed by atoms with E-state index in [4.69, 9.17) is 4.74 Å². The number of benzene rings is 2. The summed E-state index contributed by atoms with van der Waals surface area (Å²) in [7, 11) is 1.52. The van der Waals surface area contributed by atoms with Crippen LogP contribution in [0.3, 0.4) is 0 Å². The zero-order valence-corrected chi connectivity index (χ0v) is 16.0. The van der Waals surface area contributed by atoms with Crippen LogP contribution in [0.5, 0.6) is 5.75 Å². The van der Waals surface area contributed by atoms with Crippen LogP contribution in [-0.4, -0.2) is 43.3 Å². The number of amides is 2. The van der Waals surface area contributed by atoms with Crippen molar-refractivity contribution < 1.29 is 32.2 Å². The van der Waals surface area contributed by atoms with Gasteiger partial charge in [0.25, 0.3) is 11.8 Å². The third kappa shape index (κ3) is 4.98. The molecule has 2 amide bonds. The van der Waals surface area contributed by atoms with Crippen molar-refractivity contribution in [3.63, 3.8) is 0 Å². The predicted octanol–water partition coefficient (Wildman–Crippen LogP) is 3.81. The van der Waals surface area contributed by atoms with E-state index in [1.165, 1.54) is 19.2 Å². The normalized spacial score (nSPS) is 14.5. The fourth-order valence-corrected chi connectivity index (χ4v) is 3.05. The second-order valence-corrected chi connectivity index (χ2v) is 6.42. The summed E-state index contributed by atoms with van der Waals surface area (Å²) in [5.41, 5.74) is 0.850. The molecule has 0 aromatic heterocycles. The lowest BCUT2D eigenvalue weighted by atomic mass is 10.0. The van der Waals surface area contributed by atoms with E-state index in [0.29, 0.717) is 18.6 Å². The van der Waals surface area contributed by atoms with E-state index < -0.39 is 23.9 Å². The number of imide groups is 1. The molecule has 9 heteroatoms. The summed E-state index contributed by atoms with van der Waals surface area (Å²) in [5.74, 6) is -1.48. The molecule has 0 atom stereocenters. The van der Waals surface area contributed by atoms with Gasteiger partial charge in [-0.25, -0.2) is 0 Å². The molecule has 0 radical (unpaired) electrons. The largest absolute Gasteiger partial charge is 0.573 e. The minimum absolute atomic E-state index is 0.00669. The van der Waals surface area contributed by atoms with Gasteiger partial charge in [0, 0.05) is 32.0 Å². The lowest BCUT2D eigenvalue weighted by Gasteiger charge is -2.15. The van der Waals surface area contributed by atoms with Crippen molar-refractivity contribution in [2.24, 2.45) is 0 Å². The number of nitrogens with one attached hydrogen (secondary N) is 1. The molecule has 3 rings (SSSR count). The molecule has 6 nitrogen and oxygen atoms in total. The summed E-state index contributed by atoms with van der Waals surface area (Å²) >= 11 is 0. The Bertz CT molecular complexity index is 958. The molecule has 1 aliphatic rings. The van der Waals surface area contributed by atoms with E-state index in [-0.39, 0.29) is 23.5 Å². The van der Waals surface area contributed by atoms with E-state index in [0.717, 1.165) is 17.0 Å². The summed E-state index contributed by atoms with van der Waals surface area (Å²) in [4.78, 5) is 27.0. The molecular weight excluding hydrogens is 401 g/mol. The van der Waals surface area contributed by atoms with Crippen LogP contribution >= 0.6 is 0 Å². The predicted molar refractivity (Wildman–Crippen MR) is 103 cm³/mol. The lowest BCUT2D eigenvalue weighted by molar-refractivity contribution is -0.274. The highest BCUT2D eigenvalue weighted by Gasteiger charge is 2.39. The Morgan fingerprint density at radius 1 is 1.00 bits per heavy atom. The lowest BCUT2D eigenvalue weighted by Crippen LogP contribution is -2.33. The van der Waals surface area contributed by atoms with E-state index in [1.807, 2.05) is 0 Å². The molecule has 30 heavy (non-hydrogen) atoms. The molecule has 0 fully saturated rings. The molecule has 0 unspecified atom stereocenters. The summed E-state index contributed by atoms with van der Waals surface area (Å²) in [5, 5.41) is 2.81. The molecule has 0 bridgehead atoms. The maximum Gasteiger partial charge on any atom is 0.573 e. The van der Waals surface area contributed by atoms with Crippen LogP contribution in [0.4, 0.5) is 18.9 Å². The first-order valence-corrected chi connectivity index (χ1v) is 9.08. The van der Waals surface area contributed by atoms with Gasteiger partial charge in [-0.15, -0.1) is 13.2 Å². The van der Waals surface area contributed by atoms with Gasteiger partial charge in [0.2, 0.25) is 0 Å². The smallest absolute Gasteiger partial charge is 0.406 e. The minimum Gasteiger partial charge on any atom is -0.406 e. The fraction of sp³-hybridized carbons (Fsp3) is 0.238. The van der Waals surface area contributed by atoms with Crippen LogP contribution < -0.4 is 10.1 Å². The molecule has 0 aliphatic carbocycles. The zero-order chi connectivity index (χ0) is 21.7. The molecule has 1 aliphatic heterocycles. The molecule has 0 spiro atoms. The zero-order valence-electron chi connectivity index (χ0n) is 16.0. The van der Waals surface area contributed by atoms with Crippen LogP contribution in [-0.2, 0) is 14.3 Å². The Morgan fingerprint density at radius 2 is 1.73 bits per heavy atom. The van der Waals surface area contributed by atoms with Crippen molar-refractivity contribution in [3.05, 3.63) is 65.9 Å². The quantitative estimate of drug-likeness (QED) is 0.520. The number of nitrogens with zero attached hydrogens (tertiary/aromatic N) is 1. The van der Waals surface area contributed by atoms with Crippen molar-refractivity contribution in [1.82, 2.24) is 4.90 Å². The summed E-state index contributed by atoms with van der Waals surface area (Å²) in [6.07, 6.45) is -4.39. The fourth-order valence-electron chi connectivity index (χ4n) is 3.05. The van der Waals surface area contributed by atoms with Gasteiger partial charge in [-0.2, -0.15) is 0 Å². The van der Waals surface area contributed by atoms with E-state index in [2.05, 4.69) is 10.1 Å². The first-order chi connectivity index (χ1) is 14.3. The molecule has 0 saturated heterocycles. The van der Waals surface area contributed by atoms with Gasteiger partial charge in [-0.1, -0.05) is 36.4 Å². The maximum atomic E-state index is 13.0. The van der Waals surface area contributed by atoms with Gasteiger partial charge in [0.05, 0.1) is 5.57 Å². The molecule has 2 aromatic carbocycles. The Kier molecular flexibility index (Phi) is 6.41. The van der Waals surface area contributed by atoms with Crippen LogP contribution in [0.2, 0.25) is 0 Å². The number of hydrogen-bond donors (Lipinski definition) is 1. The molecule has 158 valence electrons. The van der Waals surface area contributed by atoms with Crippen molar-refractivity contribution in [1.29, 1.82) is 0 Å². The molecule has 2 aromatic rings. The number of methoxy groups -OCH3 is 1. The van der Waals surface area contributed by atoms with Gasteiger partial charge >= 0.3 is 6.36 Å². The Labute approximate surface area is 170 Å². The number of carbonyl (C=O) groups is 2. The SMILES string of the molecule is COCCCN1C(=O)C(Nc2cccc(OC(F)(F)F)c2)=C(c2ccccc2)C1=O. The molecular formula is C21H19F3N2O4. The third-order valence-electron chi connectivity index (χ3n) is 4.30. The number of carbonyl (C=O) groups excluding carboxylic acids is 2. The van der Waals surface area contributed by atoms with Crippen LogP contribution in [0.15, 0.2) is 60.3 Å². The number of ether oxygens (including phenoxy) is 2. The van der Waals surface area contributed by atoms with E-state index in [9.17, 15) is 22.8 Å². The summed E-state index contributed by atoms with van der Waals surface area (Å²) in [6, 6.07) is 13.7. The highest BCUT2D eigenvalue weighted by atomic mass is 19.4. The van der Waals surface area contributed by atoms with Gasteiger partial charge in [-0.3, -0.25) is 14.5 Å². The minimum atomic E-state index is -4.84. The number of halogens is 3. The topological polar surface area (TPSA) is 67.9 Å². The van der Waals surface area contributed by atoms with Crippen molar-refractivity contribution >= 4 is 23.1 Å². The number of alkyl halides is 3. The van der Waals surface area contributed by atoms with E-state index in [1.54, 1.807) is 30.3 Å².